The van der Waals surface area contributed by atoms with E-state index < -0.39 is 23.3 Å². The number of anilines is 1. The first-order chi connectivity index (χ1) is 17.1. The van der Waals surface area contributed by atoms with Gasteiger partial charge in [0.05, 0.1) is 17.6 Å². The van der Waals surface area contributed by atoms with E-state index in [-0.39, 0.29) is 29.1 Å². The molecule has 3 amide bonds. The summed E-state index contributed by atoms with van der Waals surface area (Å²) in [5, 5.41) is 14.1. The van der Waals surface area contributed by atoms with E-state index in [0.717, 1.165) is 10.5 Å². The predicted octanol–water partition coefficient (Wildman–Crippen LogP) is 5.48. The lowest BCUT2D eigenvalue weighted by atomic mass is 9.97. The molecule has 1 aliphatic heterocycles. The van der Waals surface area contributed by atoms with E-state index in [1.807, 2.05) is 6.07 Å². The normalized spacial score (nSPS) is 14.0. The molecule has 0 unspecified atom stereocenters. The van der Waals surface area contributed by atoms with Crippen LogP contribution in [0.25, 0.3) is 33.5 Å². The number of aromatic nitrogens is 1. The maximum atomic E-state index is 13.2. The van der Waals surface area contributed by atoms with Gasteiger partial charge in [-0.05, 0) is 43.7 Å². The second-order valence-corrected chi connectivity index (χ2v) is 9.62. The number of aliphatic hydroxyl groups is 1. The van der Waals surface area contributed by atoms with E-state index in [0.29, 0.717) is 26.9 Å². The SMILES string of the molecule is CC(C)(O)C(=O)c1oc2nc(-c3ccccc3Cl)c(-c3ccc(Cl)cc3)cc2c1N1C(=O)CNC1=O. The zero-order valence-electron chi connectivity index (χ0n) is 19.1. The Hall–Kier alpha value is -3.72. The highest BCUT2D eigenvalue weighted by Gasteiger charge is 2.40. The van der Waals surface area contributed by atoms with Crippen molar-refractivity contribution < 1.29 is 23.9 Å². The standard InChI is InChI=1S/C26H19Cl2N3O5/c1-26(2,35)23(33)22-21(31-19(32)12-29-25(31)34)17-11-16(13-7-9-14(27)10-8-13)20(30-24(17)36-22)15-5-3-4-6-18(15)28/h3-11,35H,12H2,1-2H3,(H,29,34). The van der Waals surface area contributed by atoms with E-state index in [2.05, 4.69) is 10.3 Å². The first kappa shape index (κ1) is 24.0. The number of urea groups is 1. The average Bonchev–Trinajstić information content (AvgIpc) is 3.36. The smallest absolute Gasteiger partial charge is 0.329 e. The largest absolute Gasteiger partial charge is 0.432 e. The molecule has 0 saturated carbocycles. The number of amides is 3. The number of ketones is 1. The van der Waals surface area contributed by atoms with Gasteiger partial charge in [0.1, 0.15) is 11.3 Å². The van der Waals surface area contributed by atoms with Crippen molar-refractivity contribution in [3.63, 3.8) is 0 Å². The van der Waals surface area contributed by atoms with E-state index in [1.54, 1.807) is 48.5 Å². The second-order valence-electron chi connectivity index (χ2n) is 8.78. The van der Waals surface area contributed by atoms with Crippen LogP contribution >= 0.6 is 23.2 Å². The lowest BCUT2D eigenvalue weighted by molar-refractivity contribution is -0.115. The fourth-order valence-electron chi connectivity index (χ4n) is 4.02. The number of halogens is 2. The Bertz CT molecular complexity index is 1540. The van der Waals surface area contributed by atoms with Crippen LogP contribution in [0.4, 0.5) is 10.5 Å². The summed E-state index contributed by atoms with van der Waals surface area (Å²) in [6, 6.07) is 15.1. The van der Waals surface area contributed by atoms with Crippen molar-refractivity contribution >= 4 is 57.7 Å². The van der Waals surface area contributed by atoms with Crippen LogP contribution in [0.2, 0.25) is 10.0 Å². The molecule has 0 atom stereocenters. The van der Waals surface area contributed by atoms with Gasteiger partial charge in [0.25, 0.3) is 5.91 Å². The number of nitrogens with one attached hydrogen (secondary N) is 1. The quantitative estimate of drug-likeness (QED) is 0.264. The third-order valence-corrected chi connectivity index (χ3v) is 6.35. The van der Waals surface area contributed by atoms with Gasteiger partial charge in [0, 0.05) is 21.2 Å². The summed E-state index contributed by atoms with van der Waals surface area (Å²) >= 11 is 12.6. The molecule has 0 radical (unpaired) electrons. The lowest BCUT2D eigenvalue weighted by Gasteiger charge is -2.17. The van der Waals surface area contributed by atoms with E-state index >= 15 is 0 Å². The van der Waals surface area contributed by atoms with Crippen molar-refractivity contribution in [1.82, 2.24) is 10.3 Å². The summed E-state index contributed by atoms with van der Waals surface area (Å²) in [6.45, 7) is 2.34. The van der Waals surface area contributed by atoms with Gasteiger partial charge in [-0.2, -0.15) is 0 Å². The van der Waals surface area contributed by atoms with Crippen LogP contribution in [0.15, 0.2) is 59.0 Å². The Kier molecular flexibility index (Phi) is 5.83. The molecule has 2 aromatic heterocycles. The molecule has 1 fully saturated rings. The molecule has 182 valence electrons. The molecular weight excluding hydrogens is 505 g/mol. The lowest BCUT2D eigenvalue weighted by Crippen LogP contribution is -2.35. The highest BCUT2D eigenvalue weighted by molar-refractivity contribution is 6.33. The molecule has 8 nitrogen and oxygen atoms in total. The molecule has 3 heterocycles. The Morgan fingerprint density at radius 2 is 1.78 bits per heavy atom. The number of benzene rings is 2. The van der Waals surface area contributed by atoms with Crippen molar-refractivity contribution in [2.75, 3.05) is 11.4 Å². The minimum absolute atomic E-state index is 0.00210. The van der Waals surface area contributed by atoms with Crippen LogP contribution in [-0.2, 0) is 4.79 Å². The number of fused-ring (bicyclic) bond motifs is 1. The maximum absolute atomic E-state index is 13.2. The molecule has 2 aromatic carbocycles. The van der Waals surface area contributed by atoms with Crippen molar-refractivity contribution in [3.05, 3.63) is 70.4 Å². The zero-order chi connectivity index (χ0) is 25.8. The molecule has 10 heteroatoms. The third kappa shape index (κ3) is 4.03. The van der Waals surface area contributed by atoms with Gasteiger partial charge < -0.3 is 14.8 Å². The van der Waals surface area contributed by atoms with Gasteiger partial charge in [-0.3, -0.25) is 9.59 Å². The van der Waals surface area contributed by atoms with Gasteiger partial charge in [-0.1, -0.05) is 53.5 Å². The van der Waals surface area contributed by atoms with Gasteiger partial charge in [0.15, 0.2) is 0 Å². The van der Waals surface area contributed by atoms with Crippen molar-refractivity contribution in [2.24, 2.45) is 0 Å². The minimum atomic E-state index is -1.84. The number of carbonyl (C=O) groups excluding carboxylic acids is 3. The molecule has 1 saturated heterocycles. The van der Waals surface area contributed by atoms with E-state index in [1.165, 1.54) is 13.8 Å². The summed E-state index contributed by atoms with van der Waals surface area (Å²) < 4.78 is 5.85. The Labute approximate surface area is 215 Å². The number of Topliss-reactive ketones (excluding diaryl/α,β-unsaturated/α-hetero) is 1. The van der Waals surface area contributed by atoms with Crippen LogP contribution in [0.5, 0.6) is 0 Å². The summed E-state index contributed by atoms with van der Waals surface area (Å²) in [4.78, 5) is 43.9. The number of nitrogens with zero attached hydrogens (tertiary/aromatic N) is 2. The van der Waals surface area contributed by atoms with Crippen LogP contribution in [0, 0.1) is 0 Å². The Morgan fingerprint density at radius 3 is 2.39 bits per heavy atom. The summed E-state index contributed by atoms with van der Waals surface area (Å²) in [6.07, 6.45) is 0. The highest BCUT2D eigenvalue weighted by atomic mass is 35.5. The maximum Gasteiger partial charge on any atom is 0.329 e. The molecule has 2 N–H and O–H groups in total. The number of rotatable bonds is 5. The summed E-state index contributed by atoms with van der Waals surface area (Å²) in [5.41, 5.74) is 0.465. The number of carbonyl (C=O) groups is 3. The first-order valence-corrected chi connectivity index (χ1v) is 11.7. The molecule has 0 aliphatic carbocycles. The molecule has 0 bridgehead atoms. The third-order valence-electron chi connectivity index (χ3n) is 5.77. The van der Waals surface area contributed by atoms with Crippen molar-refractivity contribution in [1.29, 1.82) is 0 Å². The van der Waals surface area contributed by atoms with E-state index in [9.17, 15) is 19.5 Å². The minimum Gasteiger partial charge on any atom is -0.432 e. The van der Waals surface area contributed by atoms with Gasteiger partial charge in [0.2, 0.25) is 17.3 Å². The molecule has 36 heavy (non-hydrogen) atoms. The van der Waals surface area contributed by atoms with Crippen molar-refractivity contribution in [2.45, 2.75) is 19.4 Å². The molecule has 4 aromatic rings. The van der Waals surface area contributed by atoms with Crippen LogP contribution in [0.1, 0.15) is 24.4 Å². The highest BCUT2D eigenvalue weighted by Crippen LogP contribution is 2.42. The summed E-state index contributed by atoms with van der Waals surface area (Å²) in [7, 11) is 0. The summed E-state index contributed by atoms with van der Waals surface area (Å²) in [5.74, 6) is -1.74. The number of hydrogen-bond donors (Lipinski definition) is 2. The topological polar surface area (TPSA) is 113 Å². The molecular formula is C26H19Cl2N3O5. The average molecular weight is 524 g/mol. The zero-order valence-corrected chi connectivity index (χ0v) is 20.6. The second kappa shape index (κ2) is 8.74. The van der Waals surface area contributed by atoms with E-state index in [4.69, 9.17) is 27.6 Å². The number of hydrogen-bond acceptors (Lipinski definition) is 6. The van der Waals surface area contributed by atoms with Crippen LogP contribution in [0.3, 0.4) is 0 Å². The molecule has 0 spiro atoms. The predicted molar refractivity (Wildman–Crippen MR) is 136 cm³/mol. The van der Waals surface area contributed by atoms with Crippen molar-refractivity contribution in [3.8, 4) is 22.4 Å². The number of furan rings is 1. The number of imide groups is 1. The van der Waals surface area contributed by atoms with Gasteiger partial charge in [-0.15, -0.1) is 0 Å². The fourth-order valence-corrected chi connectivity index (χ4v) is 4.37. The monoisotopic (exact) mass is 523 g/mol. The molecule has 1 aliphatic rings. The van der Waals surface area contributed by atoms with Crippen LogP contribution < -0.4 is 10.2 Å². The Balaban J connectivity index is 1.88. The molecule has 5 rings (SSSR count). The van der Waals surface area contributed by atoms with Gasteiger partial charge in [-0.25, -0.2) is 14.7 Å². The Morgan fingerprint density at radius 1 is 1.08 bits per heavy atom. The van der Waals surface area contributed by atoms with Gasteiger partial charge >= 0.3 is 6.03 Å². The number of pyridine rings is 1. The van der Waals surface area contributed by atoms with Crippen LogP contribution in [-0.4, -0.2) is 40.0 Å². The first-order valence-electron chi connectivity index (χ1n) is 10.9. The fraction of sp³-hybridized carbons (Fsp3) is 0.154.